The molecule has 0 heterocycles. The normalized spacial score (nSPS) is 10.6. The average molecular weight is 299 g/mol. The molecule has 0 atom stereocenters. The van der Waals surface area contributed by atoms with Crippen molar-refractivity contribution in [2.24, 2.45) is 0 Å². The van der Waals surface area contributed by atoms with Crippen LogP contribution in [0, 0.1) is 0 Å². The van der Waals surface area contributed by atoms with Crippen LogP contribution in [0.4, 0.5) is 0 Å². The van der Waals surface area contributed by atoms with Crippen molar-refractivity contribution < 1.29 is 5.11 Å². The van der Waals surface area contributed by atoms with Gasteiger partial charge in [-0.05, 0) is 50.9 Å². The standard InChI is InChI=1S/C11H16O.Cl2S2/c1-4-11(2,3)9-5-7-10(12)8-6-9;1-3-4-2/h5-8,12H,4H2,1-3H3;. The third-order valence-corrected chi connectivity index (χ3v) is 4.46. The van der Waals surface area contributed by atoms with Gasteiger partial charge in [-0.3, -0.25) is 0 Å². The number of aromatic hydroxyl groups is 1. The zero-order valence-corrected chi connectivity index (χ0v) is 12.7. The molecule has 1 aromatic rings. The van der Waals surface area contributed by atoms with Gasteiger partial charge in [-0.2, -0.15) is 0 Å². The predicted molar refractivity (Wildman–Crippen MR) is 78.3 cm³/mol. The summed E-state index contributed by atoms with van der Waals surface area (Å²) in [6.07, 6.45) is 1.11. The first-order valence-electron chi connectivity index (χ1n) is 4.83. The molecular weight excluding hydrogens is 283 g/mol. The molecule has 0 saturated carbocycles. The molecule has 0 aliphatic rings. The second-order valence-electron chi connectivity index (χ2n) is 3.91. The van der Waals surface area contributed by atoms with Crippen molar-refractivity contribution >= 4 is 41.4 Å². The summed E-state index contributed by atoms with van der Waals surface area (Å²) < 4.78 is 0. The number of phenolic OH excluding ortho intramolecular Hbond substituents is 1. The first-order valence-corrected chi connectivity index (χ1v) is 8.63. The molecule has 0 unspecified atom stereocenters. The Bertz CT molecular complexity index is 287. The van der Waals surface area contributed by atoms with Gasteiger partial charge in [-0.1, -0.05) is 32.9 Å². The molecular formula is C11H16Cl2OS2. The van der Waals surface area contributed by atoms with Crippen molar-refractivity contribution in [1.82, 2.24) is 0 Å². The lowest BCUT2D eigenvalue weighted by atomic mass is 9.82. The quantitative estimate of drug-likeness (QED) is 0.717. The molecule has 0 aromatic heterocycles. The van der Waals surface area contributed by atoms with Gasteiger partial charge in [0.1, 0.15) is 5.75 Å². The van der Waals surface area contributed by atoms with E-state index in [4.69, 9.17) is 26.5 Å². The van der Waals surface area contributed by atoms with Crippen LogP contribution >= 0.6 is 41.4 Å². The van der Waals surface area contributed by atoms with Gasteiger partial charge in [-0.15, -0.1) is 0 Å². The summed E-state index contributed by atoms with van der Waals surface area (Å²) in [5.74, 6) is 0.339. The zero-order chi connectivity index (χ0) is 12.6. The highest BCUT2D eigenvalue weighted by Gasteiger charge is 2.17. The molecule has 92 valence electrons. The van der Waals surface area contributed by atoms with E-state index >= 15 is 0 Å². The van der Waals surface area contributed by atoms with Crippen LogP contribution in [0.3, 0.4) is 0 Å². The van der Waals surface area contributed by atoms with Gasteiger partial charge in [0.05, 0.1) is 0 Å². The van der Waals surface area contributed by atoms with Gasteiger partial charge in [0.15, 0.2) is 0 Å². The number of hydrogen-bond donors (Lipinski definition) is 1. The van der Waals surface area contributed by atoms with Crippen molar-refractivity contribution in [3.8, 4) is 5.75 Å². The van der Waals surface area contributed by atoms with Crippen molar-refractivity contribution in [2.45, 2.75) is 32.6 Å². The maximum atomic E-state index is 9.10. The SMILES string of the molecule is CCC(C)(C)c1ccc(O)cc1.ClSSCl. The summed E-state index contributed by atoms with van der Waals surface area (Å²) in [5, 5.41) is 9.10. The maximum absolute atomic E-state index is 9.10. The van der Waals surface area contributed by atoms with Gasteiger partial charge in [-0.25, -0.2) is 0 Å². The van der Waals surface area contributed by atoms with E-state index in [2.05, 4.69) is 20.8 Å². The van der Waals surface area contributed by atoms with Gasteiger partial charge >= 0.3 is 0 Å². The second kappa shape index (κ2) is 8.40. The van der Waals surface area contributed by atoms with Crippen molar-refractivity contribution in [2.75, 3.05) is 0 Å². The molecule has 1 rings (SSSR count). The minimum atomic E-state index is 0.216. The van der Waals surface area contributed by atoms with Crippen LogP contribution in [0.25, 0.3) is 0 Å². The molecule has 0 saturated heterocycles. The molecule has 0 fully saturated rings. The Morgan fingerprint density at radius 2 is 1.56 bits per heavy atom. The topological polar surface area (TPSA) is 20.2 Å². The van der Waals surface area contributed by atoms with Crippen LogP contribution in [0.15, 0.2) is 24.3 Å². The fourth-order valence-electron chi connectivity index (χ4n) is 1.12. The van der Waals surface area contributed by atoms with E-state index in [1.807, 2.05) is 12.1 Å². The summed E-state index contributed by atoms with van der Waals surface area (Å²) in [6.45, 7) is 6.59. The maximum Gasteiger partial charge on any atom is 0.115 e. The van der Waals surface area contributed by atoms with E-state index in [1.54, 1.807) is 12.1 Å². The van der Waals surface area contributed by atoms with Gasteiger partial charge in [0.2, 0.25) is 0 Å². The highest BCUT2D eigenvalue weighted by molar-refractivity contribution is 8.92. The highest BCUT2D eigenvalue weighted by atomic mass is 35.8. The molecule has 16 heavy (non-hydrogen) atoms. The fourth-order valence-corrected chi connectivity index (χ4v) is 1.12. The summed E-state index contributed by atoms with van der Waals surface area (Å²) in [5.41, 5.74) is 1.50. The fraction of sp³-hybridized carbons (Fsp3) is 0.455. The van der Waals surface area contributed by atoms with Crippen LogP contribution in [-0.4, -0.2) is 5.11 Å². The van der Waals surface area contributed by atoms with Gasteiger partial charge in [0.25, 0.3) is 0 Å². The Morgan fingerprint density at radius 3 is 1.88 bits per heavy atom. The van der Waals surface area contributed by atoms with E-state index in [-0.39, 0.29) is 5.41 Å². The smallest absolute Gasteiger partial charge is 0.115 e. The molecule has 1 aromatic carbocycles. The minimum absolute atomic E-state index is 0.216. The van der Waals surface area contributed by atoms with Crippen LogP contribution in [0.5, 0.6) is 5.75 Å². The largest absolute Gasteiger partial charge is 0.508 e. The lowest BCUT2D eigenvalue weighted by molar-refractivity contribution is 0.471. The molecule has 0 aliphatic heterocycles. The molecule has 1 N–H and O–H groups in total. The van der Waals surface area contributed by atoms with E-state index in [9.17, 15) is 0 Å². The Balaban J connectivity index is 0.000000487. The van der Waals surface area contributed by atoms with E-state index in [1.165, 1.54) is 5.56 Å². The number of rotatable bonds is 3. The van der Waals surface area contributed by atoms with Crippen LogP contribution in [0.2, 0.25) is 0 Å². The predicted octanol–water partition coefficient (Wildman–Crippen LogP) is 5.76. The highest BCUT2D eigenvalue weighted by Crippen LogP contribution is 2.28. The van der Waals surface area contributed by atoms with Crippen LogP contribution in [-0.2, 0) is 5.41 Å². The molecule has 0 aliphatic carbocycles. The van der Waals surface area contributed by atoms with Crippen molar-refractivity contribution in [3.63, 3.8) is 0 Å². The van der Waals surface area contributed by atoms with E-state index < -0.39 is 0 Å². The molecule has 1 nitrogen and oxygen atoms in total. The number of phenols is 1. The summed E-state index contributed by atoms with van der Waals surface area (Å²) in [6, 6.07) is 7.46. The Hall–Kier alpha value is 0.300. The van der Waals surface area contributed by atoms with Crippen molar-refractivity contribution in [3.05, 3.63) is 29.8 Å². The first-order chi connectivity index (χ1) is 7.47. The van der Waals surface area contributed by atoms with Crippen LogP contribution in [0.1, 0.15) is 32.8 Å². The number of halogens is 2. The Labute approximate surface area is 114 Å². The van der Waals surface area contributed by atoms with Gasteiger partial charge in [0, 0.05) is 20.0 Å². The van der Waals surface area contributed by atoms with E-state index in [0.717, 1.165) is 26.4 Å². The minimum Gasteiger partial charge on any atom is -0.508 e. The third-order valence-electron chi connectivity index (χ3n) is 2.56. The lowest BCUT2D eigenvalue weighted by Gasteiger charge is -2.22. The molecule has 0 amide bonds. The monoisotopic (exact) mass is 298 g/mol. The summed E-state index contributed by atoms with van der Waals surface area (Å²) in [7, 11) is 11.9. The summed E-state index contributed by atoms with van der Waals surface area (Å²) in [4.78, 5) is 0. The number of hydrogen-bond acceptors (Lipinski definition) is 3. The van der Waals surface area contributed by atoms with Crippen LogP contribution < -0.4 is 0 Å². The molecule has 0 spiro atoms. The Morgan fingerprint density at radius 1 is 1.12 bits per heavy atom. The summed E-state index contributed by atoms with van der Waals surface area (Å²) >= 11 is 0. The van der Waals surface area contributed by atoms with Gasteiger partial charge < -0.3 is 5.11 Å². The molecule has 5 heteroatoms. The second-order valence-corrected chi connectivity index (χ2v) is 7.19. The van der Waals surface area contributed by atoms with E-state index in [0.29, 0.717) is 5.75 Å². The average Bonchev–Trinajstić information content (AvgIpc) is 2.30. The first kappa shape index (κ1) is 16.3. The molecule has 0 radical (unpaired) electrons. The zero-order valence-electron chi connectivity index (χ0n) is 9.54. The van der Waals surface area contributed by atoms with Crippen molar-refractivity contribution in [1.29, 1.82) is 0 Å². The third kappa shape index (κ3) is 6.14. The number of benzene rings is 1. The Kier molecular flexibility index (Phi) is 8.56. The lowest BCUT2D eigenvalue weighted by Crippen LogP contribution is -2.14. The molecule has 0 bridgehead atoms.